The van der Waals surface area contributed by atoms with Crippen LogP contribution in [0, 0.1) is 0 Å². The van der Waals surface area contributed by atoms with Crippen molar-refractivity contribution < 1.29 is 39.3 Å². The maximum absolute atomic E-state index is 10.2. The van der Waals surface area contributed by atoms with Gasteiger partial charge in [-0.25, -0.2) is 0 Å². The average Bonchev–Trinajstić information content (AvgIpc) is 2.60. The standard InChI is InChI=1S/2C11H20O2.Zn/c2*1-2-3-4-5-6-7-8-9-10-11(12)13;/h2*2-3H,4-10H2,1H3,(H,12,13);. The molecule has 154 valence electrons. The van der Waals surface area contributed by atoms with Gasteiger partial charge >= 0.3 is 11.9 Å². The summed E-state index contributed by atoms with van der Waals surface area (Å²) >= 11 is 0. The fourth-order valence-corrected chi connectivity index (χ4v) is 2.47. The van der Waals surface area contributed by atoms with Gasteiger partial charge in [0.2, 0.25) is 0 Å². The maximum Gasteiger partial charge on any atom is 0.303 e. The molecule has 5 heteroatoms. The number of rotatable bonds is 16. The van der Waals surface area contributed by atoms with Crippen molar-refractivity contribution in [2.75, 3.05) is 0 Å². The molecule has 0 amide bonds. The van der Waals surface area contributed by atoms with Gasteiger partial charge in [-0.2, -0.15) is 0 Å². The van der Waals surface area contributed by atoms with Crippen LogP contribution in [0.3, 0.4) is 0 Å². The second kappa shape index (κ2) is 27.3. The van der Waals surface area contributed by atoms with E-state index in [4.69, 9.17) is 10.2 Å². The molecule has 0 saturated heterocycles. The first-order valence-corrected chi connectivity index (χ1v) is 10.2. The topological polar surface area (TPSA) is 74.6 Å². The van der Waals surface area contributed by atoms with E-state index in [1.165, 1.54) is 38.5 Å². The Balaban J connectivity index is -0.000000411. The Bertz CT molecular complexity index is 343. The number of unbranched alkanes of at least 4 members (excludes halogenated alkanes) is 10. The Labute approximate surface area is 179 Å². The first kappa shape index (κ1) is 30.8. The van der Waals surface area contributed by atoms with Crippen LogP contribution in [0.4, 0.5) is 0 Å². The summed E-state index contributed by atoms with van der Waals surface area (Å²) in [5.41, 5.74) is 0. The van der Waals surface area contributed by atoms with E-state index in [1.54, 1.807) is 0 Å². The minimum Gasteiger partial charge on any atom is -0.481 e. The number of hydrogen-bond acceptors (Lipinski definition) is 2. The van der Waals surface area contributed by atoms with Gasteiger partial charge in [0.1, 0.15) is 0 Å². The first-order chi connectivity index (χ1) is 12.5. The Morgan fingerprint density at radius 2 is 0.889 bits per heavy atom. The number of carbonyl (C=O) groups is 2. The zero-order chi connectivity index (χ0) is 19.9. The molecule has 4 nitrogen and oxygen atoms in total. The molecular formula is C22H40O4Zn. The Morgan fingerprint density at radius 3 is 1.19 bits per heavy atom. The Hall–Kier alpha value is -0.957. The van der Waals surface area contributed by atoms with Crippen LogP contribution >= 0.6 is 0 Å². The summed E-state index contributed by atoms with van der Waals surface area (Å²) in [5, 5.41) is 16.8. The molecule has 0 aliphatic heterocycles. The molecule has 0 heterocycles. The number of carboxylic acid groups (broad SMARTS) is 2. The van der Waals surface area contributed by atoms with Crippen molar-refractivity contribution in [3.8, 4) is 0 Å². The summed E-state index contributed by atoms with van der Waals surface area (Å²) in [6.45, 7) is 4.07. The number of hydrogen-bond donors (Lipinski definition) is 2. The summed E-state index contributed by atoms with van der Waals surface area (Å²) in [5.74, 6) is -1.34. The van der Waals surface area contributed by atoms with Crippen LogP contribution in [0.25, 0.3) is 0 Å². The van der Waals surface area contributed by atoms with E-state index in [1.807, 2.05) is 13.8 Å². The van der Waals surface area contributed by atoms with Crippen molar-refractivity contribution >= 4 is 11.9 Å². The van der Waals surface area contributed by atoms with E-state index >= 15 is 0 Å². The van der Waals surface area contributed by atoms with E-state index in [0.717, 1.165) is 38.5 Å². The van der Waals surface area contributed by atoms with Crippen molar-refractivity contribution in [2.24, 2.45) is 0 Å². The fraction of sp³-hybridized carbons (Fsp3) is 0.727. The molecule has 0 spiro atoms. The van der Waals surface area contributed by atoms with Crippen LogP contribution in [0.2, 0.25) is 0 Å². The van der Waals surface area contributed by atoms with Crippen molar-refractivity contribution in [3.63, 3.8) is 0 Å². The second-order valence-corrected chi connectivity index (χ2v) is 6.54. The largest absolute Gasteiger partial charge is 0.481 e. The van der Waals surface area contributed by atoms with Gasteiger partial charge in [0.15, 0.2) is 0 Å². The molecule has 0 atom stereocenters. The molecule has 0 aliphatic carbocycles. The summed E-state index contributed by atoms with van der Waals surface area (Å²) in [6, 6.07) is 0. The van der Waals surface area contributed by atoms with Gasteiger partial charge in [0.05, 0.1) is 0 Å². The molecule has 0 radical (unpaired) electrons. The predicted molar refractivity (Wildman–Crippen MR) is 110 cm³/mol. The molecule has 0 aromatic rings. The second-order valence-electron chi connectivity index (χ2n) is 6.54. The van der Waals surface area contributed by atoms with Crippen LogP contribution in [0.5, 0.6) is 0 Å². The zero-order valence-electron chi connectivity index (χ0n) is 17.6. The third-order valence-corrected chi connectivity index (χ3v) is 3.99. The van der Waals surface area contributed by atoms with Crippen LogP contribution < -0.4 is 0 Å². The van der Waals surface area contributed by atoms with Crippen LogP contribution in [0.15, 0.2) is 24.3 Å². The summed E-state index contributed by atoms with van der Waals surface area (Å²) in [7, 11) is 0. The minimum absolute atomic E-state index is 0. The number of allylic oxidation sites excluding steroid dienone is 4. The zero-order valence-corrected chi connectivity index (χ0v) is 20.6. The molecular weight excluding hydrogens is 394 g/mol. The molecule has 2 N–H and O–H groups in total. The molecule has 0 unspecified atom stereocenters. The normalized spacial score (nSPS) is 10.4. The summed E-state index contributed by atoms with van der Waals surface area (Å²) in [4.78, 5) is 20.3. The van der Waals surface area contributed by atoms with E-state index in [2.05, 4.69) is 24.3 Å². The van der Waals surface area contributed by atoms with Crippen molar-refractivity contribution in [1.82, 2.24) is 0 Å². The number of carboxylic acids is 2. The quantitative estimate of drug-likeness (QED) is 0.160. The van der Waals surface area contributed by atoms with Gasteiger partial charge in [-0.15, -0.1) is 0 Å². The molecule has 0 aromatic carbocycles. The van der Waals surface area contributed by atoms with Gasteiger partial charge in [0, 0.05) is 32.3 Å². The summed E-state index contributed by atoms with van der Waals surface area (Å²) in [6.07, 6.45) is 22.5. The van der Waals surface area contributed by atoms with Gasteiger partial charge in [-0.3, -0.25) is 9.59 Å². The molecule has 0 rings (SSSR count). The van der Waals surface area contributed by atoms with Crippen LogP contribution in [0.1, 0.15) is 104 Å². The van der Waals surface area contributed by atoms with Gasteiger partial charge in [-0.05, 0) is 52.4 Å². The minimum atomic E-state index is -0.672. The Morgan fingerprint density at radius 1 is 0.593 bits per heavy atom. The Kier molecular flexibility index (Phi) is 31.1. The number of aliphatic carboxylic acids is 2. The predicted octanol–water partition coefficient (Wildman–Crippen LogP) is 6.75. The average molecular weight is 434 g/mol. The van der Waals surface area contributed by atoms with Crippen molar-refractivity contribution in [1.29, 1.82) is 0 Å². The third kappa shape index (κ3) is 36.7. The van der Waals surface area contributed by atoms with E-state index in [9.17, 15) is 9.59 Å². The smallest absolute Gasteiger partial charge is 0.303 e. The van der Waals surface area contributed by atoms with Gasteiger partial charge in [-0.1, -0.05) is 62.8 Å². The van der Waals surface area contributed by atoms with Crippen molar-refractivity contribution in [2.45, 2.75) is 104 Å². The molecule has 0 aromatic heterocycles. The maximum atomic E-state index is 10.2. The van der Waals surface area contributed by atoms with Gasteiger partial charge < -0.3 is 10.2 Å². The van der Waals surface area contributed by atoms with Crippen LogP contribution in [-0.2, 0) is 29.1 Å². The molecule has 0 bridgehead atoms. The van der Waals surface area contributed by atoms with Crippen molar-refractivity contribution in [3.05, 3.63) is 24.3 Å². The molecule has 0 saturated carbocycles. The van der Waals surface area contributed by atoms with Gasteiger partial charge in [0.25, 0.3) is 0 Å². The monoisotopic (exact) mass is 432 g/mol. The molecule has 0 aliphatic rings. The third-order valence-electron chi connectivity index (χ3n) is 3.99. The summed E-state index contributed by atoms with van der Waals surface area (Å²) < 4.78 is 0. The molecule has 0 fully saturated rings. The fourth-order valence-electron chi connectivity index (χ4n) is 2.47. The molecule has 27 heavy (non-hydrogen) atoms. The SMILES string of the molecule is CC=CCCCCCCCC(=O)O.CC=CCCCCCCCC(=O)O.[Zn]. The van der Waals surface area contributed by atoms with E-state index < -0.39 is 11.9 Å². The van der Waals surface area contributed by atoms with E-state index in [0.29, 0.717) is 12.8 Å². The first-order valence-electron chi connectivity index (χ1n) is 10.2. The van der Waals surface area contributed by atoms with E-state index in [-0.39, 0.29) is 19.5 Å². The van der Waals surface area contributed by atoms with Crippen LogP contribution in [-0.4, -0.2) is 22.2 Å².